The molecule has 2 aromatic carbocycles. The molecule has 1 aromatic heterocycles. The molecule has 0 aliphatic rings. The van der Waals surface area contributed by atoms with E-state index in [1.807, 2.05) is 36.4 Å². The van der Waals surface area contributed by atoms with E-state index in [0.29, 0.717) is 29.6 Å². The third-order valence-corrected chi connectivity index (χ3v) is 3.75. The van der Waals surface area contributed by atoms with Gasteiger partial charge in [0, 0.05) is 17.5 Å². The zero-order chi connectivity index (χ0) is 16.2. The Morgan fingerprint density at radius 3 is 2.91 bits per heavy atom. The molecule has 0 unspecified atom stereocenters. The summed E-state index contributed by atoms with van der Waals surface area (Å²) in [6, 6.07) is 14.7. The summed E-state index contributed by atoms with van der Waals surface area (Å²) < 4.78 is 5.61. The van der Waals surface area contributed by atoms with E-state index in [1.54, 1.807) is 24.1 Å². The molecular formula is C17H16ClN3O2. The van der Waals surface area contributed by atoms with Crippen molar-refractivity contribution in [1.82, 2.24) is 15.1 Å². The Kier molecular flexibility index (Phi) is 4.48. The number of fused-ring (bicyclic) bond motifs is 1. The second-order valence-corrected chi connectivity index (χ2v) is 5.59. The largest absolute Gasteiger partial charge is 0.492 e. The lowest BCUT2D eigenvalue weighted by Crippen LogP contribution is -2.31. The summed E-state index contributed by atoms with van der Waals surface area (Å²) in [5.41, 5.74) is 1.27. The molecule has 0 saturated heterocycles. The second-order valence-electron chi connectivity index (χ2n) is 5.15. The molecule has 0 spiro atoms. The maximum atomic E-state index is 12.5. The molecule has 23 heavy (non-hydrogen) atoms. The van der Waals surface area contributed by atoms with E-state index in [1.165, 1.54) is 0 Å². The van der Waals surface area contributed by atoms with Crippen molar-refractivity contribution >= 4 is 28.4 Å². The summed E-state index contributed by atoms with van der Waals surface area (Å²) in [4.78, 5) is 14.1. The fourth-order valence-electron chi connectivity index (χ4n) is 2.27. The van der Waals surface area contributed by atoms with Crippen molar-refractivity contribution in [3.8, 4) is 5.75 Å². The smallest absolute Gasteiger partial charge is 0.274 e. The number of ether oxygens (including phenoxy) is 1. The number of aromatic amines is 1. The highest BCUT2D eigenvalue weighted by molar-refractivity contribution is 6.30. The second kappa shape index (κ2) is 6.71. The highest BCUT2D eigenvalue weighted by Crippen LogP contribution is 2.18. The average Bonchev–Trinajstić information content (AvgIpc) is 2.98. The molecule has 0 radical (unpaired) electrons. The van der Waals surface area contributed by atoms with Crippen LogP contribution in [0.5, 0.6) is 5.75 Å². The van der Waals surface area contributed by atoms with Crippen LogP contribution in [-0.2, 0) is 0 Å². The van der Waals surface area contributed by atoms with Gasteiger partial charge in [0.1, 0.15) is 12.4 Å². The molecule has 0 atom stereocenters. The number of H-pyrrole nitrogens is 1. The highest BCUT2D eigenvalue weighted by atomic mass is 35.5. The van der Waals surface area contributed by atoms with Gasteiger partial charge in [-0.25, -0.2) is 0 Å². The molecular weight excluding hydrogens is 314 g/mol. The number of likely N-dealkylation sites (N-methyl/N-ethyl adjacent to an activating group) is 1. The zero-order valence-corrected chi connectivity index (χ0v) is 13.4. The minimum atomic E-state index is -0.142. The van der Waals surface area contributed by atoms with Gasteiger partial charge in [0.2, 0.25) is 0 Å². The van der Waals surface area contributed by atoms with E-state index >= 15 is 0 Å². The number of nitrogens with zero attached hydrogens (tertiary/aromatic N) is 2. The number of hydrogen-bond acceptors (Lipinski definition) is 3. The van der Waals surface area contributed by atoms with Crippen LogP contribution in [0.4, 0.5) is 0 Å². The van der Waals surface area contributed by atoms with E-state index in [-0.39, 0.29) is 5.91 Å². The standard InChI is InChI=1S/C17H16ClN3O2/c1-21(9-10-23-13-6-4-5-12(18)11-13)17(22)16-14-7-2-3-8-15(14)19-20-16/h2-8,11H,9-10H2,1H3,(H,19,20). The predicted octanol–water partition coefficient (Wildman–Crippen LogP) is 3.37. The van der Waals surface area contributed by atoms with Crippen molar-refractivity contribution in [3.05, 3.63) is 59.2 Å². The van der Waals surface area contributed by atoms with Crippen molar-refractivity contribution in [2.75, 3.05) is 20.2 Å². The third kappa shape index (κ3) is 3.46. The van der Waals surface area contributed by atoms with Gasteiger partial charge >= 0.3 is 0 Å². The Bertz CT molecular complexity index is 831. The molecule has 1 heterocycles. The molecule has 0 aliphatic carbocycles. The van der Waals surface area contributed by atoms with Gasteiger partial charge in [0.05, 0.1) is 12.1 Å². The lowest BCUT2D eigenvalue weighted by molar-refractivity contribution is 0.0770. The van der Waals surface area contributed by atoms with Gasteiger partial charge in [-0.15, -0.1) is 0 Å². The first-order chi connectivity index (χ1) is 11.1. The minimum Gasteiger partial charge on any atom is -0.492 e. The fourth-order valence-corrected chi connectivity index (χ4v) is 2.45. The van der Waals surface area contributed by atoms with Crippen LogP contribution >= 0.6 is 11.6 Å². The van der Waals surface area contributed by atoms with Crippen molar-refractivity contribution in [2.24, 2.45) is 0 Å². The first-order valence-corrected chi connectivity index (χ1v) is 7.60. The quantitative estimate of drug-likeness (QED) is 0.780. The molecule has 6 heteroatoms. The first-order valence-electron chi connectivity index (χ1n) is 7.22. The number of hydrogen-bond donors (Lipinski definition) is 1. The van der Waals surface area contributed by atoms with Crippen LogP contribution in [-0.4, -0.2) is 41.2 Å². The number of nitrogens with one attached hydrogen (secondary N) is 1. The van der Waals surface area contributed by atoms with Crippen LogP contribution in [0.25, 0.3) is 10.9 Å². The van der Waals surface area contributed by atoms with E-state index in [4.69, 9.17) is 16.3 Å². The predicted molar refractivity (Wildman–Crippen MR) is 90.0 cm³/mol. The Morgan fingerprint density at radius 2 is 2.09 bits per heavy atom. The number of carbonyl (C=O) groups excluding carboxylic acids is 1. The Hall–Kier alpha value is -2.53. The third-order valence-electron chi connectivity index (χ3n) is 3.51. The minimum absolute atomic E-state index is 0.142. The normalized spacial score (nSPS) is 10.7. The molecule has 1 N–H and O–H groups in total. The van der Waals surface area contributed by atoms with Gasteiger partial charge in [-0.3, -0.25) is 9.89 Å². The highest BCUT2D eigenvalue weighted by Gasteiger charge is 2.17. The molecule has 3 rings (SSSR count). The molecule has 1 amide bonds. The van der Waals surface area contributed by atoms with Gasteiger partial charge < -0.3 is 9.64 Å². The summed E-state index contributed by atoms with van der Waals surface area (Å²) >= 11 is 5.90. The number of amides is 1. The number of benzene rings is 2. The zero-order valence-electron chi connectivity index (χ0n) is 12.6. The molecule has 0 aliphatic heterocycles. The fraction of sp³-hybridized carbons (Fsp3) is 0.176. The number of para-hydroxylation sites is 1. The molecule has 5 nitrogen and oxygen atoms in total. The van der Waals surface area contributed by atoms with Crippen molar-refractivity contribution in [3.63, 3.8) is 0 Å². The molecule has 0 bridgehead atoms. The monoisotopic (exact) mass is 329 g/mol. The topological polar surface area (TPSA) is 58.2 Å². The van der Waals surface area contributed by atoms with Gasteiger partial charge in [-0.05, 0) is 24.3 Å². The van der Waals surface area contributed by atoms with E-state index in [0.717, 1.165) is 10.9 Å². The maximum absolute atomic E-state index is 12.5. The van der Waals surface area contributed by atoms with E-state index in [9.17, 15) is 4.79 Å². The van der Waals surface area contributed by atoms with Gasteiger partial charge in [0.15, 0.2) is 5.69 Å². The van der Waals surface area contributed by atoms with Gasteiger partial charge in [-0.1, -0.05) is 35.9 Å². The molecule has 0 fully saturated rings. The van der Waals surface area contributed by atoms with E-state index < -0.39 is 0 Å². The van der Waals surface area contributed by atoms with Gasteiger partial charge in [-0.2, -0.15) is 5.10 Å². The summed E-state index contributed by atoms with van der Waals surface area (Å²) in [6.45, 7) is 0.831. The van der Waals surface area contributed by atoms with Crippen molar-refractivity contribution in [1.29, 1.82) is 0 Å². The van der Waals surface area contributed by atoms with Crippen LogP contribution in [0.2, 0.25) is 5.02 Å². The molecule has 0 saturated carbocycles. The van der Waals surface area contributed by atoms with Crippen LogP contribution in [0, 0.1) is 0 Å². The maximum Gasteiger partial charge on any atom is 0.274 e. The number of carbonyl (C=O) groups is 1. The van der Waals surface area contributed by atoms with Crippen molar-refractivity contribution in [2.45, 2.75) is 0 Å². The molecule has 3 aromatic rings. The Labute approximate surface area is 138 Å². The van der Waals surface area contributed by atoms with Gasteiger partial charge in [0.25, 0.3) is 5.91 Å². The number of halogens is 1. The lowest BCUT2D eigenvalue weighted by Gasteiger charge is -2.16. The lowest BCUT2D eigenvalue weighted by atomic mass is 10.2. The van der Waals surface area contributed by atoms with E-state index in [2.05, 4.69) is 10.2 Å². The average molecular weight is 330 g/mol. The first kappa shape index (κ1) is 15.4. The Morgan fingerprint density at radius 1 is 1.26 bits per heavy atom. The summed E-state index contributed by atoms with van der Waals surface area (Å²) in [5, 5.41) is 8.43. The summed E-state index contributed by atoms with van der Waals surface area (Å²) in [5.74, 6) is 0.542. The van der Waals surface area contributed by atoms with Crippen LogP contribution in [0.3, 0.4) is 0 Å². The van der Waals surface area contributed by atoms with Crippen molar-refractivity contribution < 1.29 is 9.53 Å². The van der Waals surface area contributed by atoms with Crippen LogP contribution in [0.15, 0.2) is 48.5 Å². The number of rotatable bonds is 5. The summed E-state index contributed by atoms with van der Waals surface area (Å²) in [7, 11) is 1.73. The summed E-state index contributed by atoms with van der Waals surface area (Å²) in [6.07, 6.45) is 0. The van der Waals surface area contributed by atoms with Crippen LogP contribution < -0.4 is 4.74 Å². The number of aromatic nitrogens is 2. The molecule has 118 valence electrons. The van der Waals surface area contributed by atoms with Crippen LogP contribution in [0.1, 0.15) is 10.5 Å². The Balaban J connectivity index is 1.61. The SMILES string of the molecule is CN(CCOc1cccc(Cl)c1)C(=O)c1n[nH]c2ccccc12.